The summed E-state index contributed by atoms with van der Waals surface area (Å²) < 4.78 is 5.30. The maximum absolute atomic E-state index is 12.6. The van der Waals surface area contributed by atoms with Crippen molar-refractivity contribution >= 4 is 17.5 Å². The van der Waals surface area contributed by atoms with E-state index in [9.17, 15) is 4.79 Å². The second kappa shape index (κ2) is 10.4. The Morgan fingerprint density at radius 3 is 2.40 bits per heavy atom. The van der Waals surface area contributed by atoms with E-state index in [4.69, 9.17) is 16.1 Å². The lowest BCUT2D eigenvalue weighted by atomic mass is 9.94. The van der Waals surface area contributed by atoms with E-state index < -0.39 is 0 Å². The van der Waals surface area contributed by atoms with Crippen molar-refractivity contribution in [3.05, 3.63) is 70.6 Å². The van der Waals surface area contributed by atoms with Gasteiger partial charge in [-0.2, -0.15) is 4.98 Å². The van der Waals surface area contributed by atoms with Gasteiger partial charge in [-0.3, -0.25) is 4.79 Å². The van der Waals surface area contributed by atoms with Crippen LogP contribution in [0.15, 0.2) is 53.1 Å². The molecule has 3 rings (SSSR count). The highest BCUT2D eigenvalue weighted by atomic mass is 35.5. The fourth-order valence-electron chi connectivity index (χ4n) is 3.35. The van der Waals surface area contributed by atoms with Crippen LogP contribution < -0.4 is 5.32 Å². The standard InChI is InChI=1S/C24H28ClN3O2/c1-4-5-17-6-8-18(9-7-17)23(16(2)3)26-21(29)14-15-22-27-24(28-30-22)19-10-12-20(25)13-11-19/h6-13,16,23H,4-5,14-15H2,1-3H3,(H,26,29)/t23-/m0/s1. The monoisotopic (exact) mass is 425 g/mol. The van der Waals surface area contributed by atoms with E-state index in [0.717, 1.165) is 24.0 Å². The molecule has 0 aliphatic carbocycles. The summed E-state index contributed by atoms with van der Waals surface area (Å²) in [6, 6.07) is 15.7. The first-order chi connectivity index (χ1) is 14.5. The lowest BCUT2D eigenvalue weighted by Gasteiger charge is -2.23. The Hall–Kier alpha value is -2.66. The fraction of sp³-hybridized carbons (Fsp3) is 0.375. The summed E-state index contributed by atoms with van der Waals surface area (Å²) in [6.45, 7) is 6.40. The van der Waals surface area contributed by atoms with Gasteiger partial charge < -0.3 is 9.84 Å². The molecule has 6 heteroatoms. The number of amides is 1. The third kappa shape index (κ3) is 5.92. The quantitative estimate of drug-likeness (QED) is 0.471. The summed E-state index contributed by atoms with van der Waals surface area (Å²) in [5.74, 6) is 1.19. The lowest BCUT2D eigenvalue weighted by Crippen LogP contribution is -2.31. The van der Waals surface area contributed by atoms with Gasteiger partial charge in [0.1, 0.15) is 0 Å². The van der Waals surface area contributed by atoms with E-state index in [1.807, 2.05) is 12.1 Å². The van der Waals surface area contributed by atoms with Crippen molar-refractivity contribution < 1.29 is 9.32 Å². The minimum Gasteiger partial charge on any atom is -0.349 e. The molecule has 0 saturated carbocycles. The molecule has 0 unspecified atom stereocenters. The molecule has 0 spiro atoms. The van der Waals surface area contributed by atoms with Gasteiger partial charge in [-0.15, -0.1) is 0 Å². The minimum absolute atomic E-state index is 0.0273. The number of benzene rings is 2. The number of aryl methyl sites for hydroxylation is 2. The van der Waals surface area contributed by atoms with E-state index >= 15 is 0 Å². The Kier molecular flexibility index (Phi) is 7.63. The normalized spacial score (nSPS) is 12.2. The third-order valence-corrected chi connectivity index (χ3v) is 5.25. The zero-order valence-corrected chi connectivity index (χ0v) is 18.4. The Labute approximate surface area is 182 Å². The molecule has 2 aromatic carbocycles. The molecule has 0 saturated heterocycles. The van der Waals surface area contributed by atoms with Crippen LogP contribution in [-0.4, -0.2) is 16.0 Å². The number of rotatable bonds is 9. The molecule has 158 valence electrons. The van der Waals surface area contributed by atoms with Crippen LogP contribution in [0.5, 0.6) is 0 Å². The molecule has 0 bridgehead atoms. The van der Waals surface area contributed by atoms with Gasteiger partial charge in [-0.05, 0) is 47.7 Å². The maximum Gasteiger partial charge on any atom is 0.227 e. The summed E-state index contributed by atoms with van der Waals surface area (Å²) in [6.07, 6.45) is 2.88. The summed E-state index contributed by atoms with van der Waals surface area (Å²) in [7, 11) is 0. The van der Waals surface area contributed by atoms with Crippen LogP contribution in [0.2, 0.25) is 5.02 Å². The summed E-state index contributed by atoms with van der Waals surface area (Å²) >= 11 is 5.91. The van der Waals surface area contributed by atoms with Crippen LogP contribution in [0.1, 0.15) is 56.7 Å². The number of carbonyl (C=O) groups excluding carboxylic acids is 1. The van der Waals surface area contributed by atoms with Gasteiger partial charge in [0, 0.05) is 23.4 Å². The number of nitrogens with one attached hydrogen (secondary N) is 1. The van der Waals surface area contributed by atoms with Crippen molar-refractivity contribution in [3.8, 4) is 11.4 Å². The number of hydrogen-bond donors (Lipinski definition) is 1. The highest BCUT2D eigenvalue weighted by molar-refractivity contribution is 6.30. The predicted molar refractivity (Wildman–Crippen MR) is 119 cm³/mol. The van der Waals surface area contributed by atoms with E-state index in [0.29, 0.717) is 29.6 Å². The Balaban J connectivity index is 1.58. The van der Waals surface area contributed by atoms with E-state index in [-0.39, 0.29) is 17.9 Å². The Morgan fingerprint density at radius 2 is 1.77 bits per heavy atom. The molecule has 0 aliphatic heterocycles. The molecule has 3 aromatic rings. The van der Waals surface area contributed by atoms with Crippen LogP contribution in [0, 0.1) is 5.92 Å². The van der Waals surface area contributed by atoms with Gasteiger partial charge in [0.05, 0.1) is 6.04 Å². The van der Waals surface area contributed by atoms with Crippen molar-refractivity contribution in [2.75, 3.05) is 0 Å². The number of carbonyl (C=O) groups is 1. The van der Waals surface area contributed by atoms with Crippen LogP contribution in [0.25, 0.3) is 11.4 Å². The average molecular weight is 426 g/mol. The van der Waals surface area contributed by atoms with Gasteiger partial charge in [0.15, 0.2) is 0 Å². The van der Waals surface area contributed by atoms with Crippen LogP contribution >= 0.6 is 11.6 Å². The van der Waals surface area contributed by atoms with E-state index in [1.54, 1.807) is 12.1 Å². The van der Waals surface area contributed by atoms with Crippen molar-refractivity contribution in [1.29, 1.82) is 0 Å². The third-order valence-electron chi connectivity index (χ3n) is 5.00. The van der Waals surface area contributed by atoms with Crippen molar-refractivity contribution in [2.45, 2.75) is 52.5 Å². The maximum atomic E-state index is 12.6. The summed E-state index contributed by atoms with van der Waals surface area (Å²) in [5.41, 5.74) is 3.27. The van der Waals surface area contributed by atoms with Crippen molar-refractivity contribution in [3.63, 3.8) is 0 Å². The molecule has 1 heterocycles. The molecule has 30 heavy (non-hydrogen) atoms. The molecule has 0 aliphatic rings. The predicted octanol–water partition coefficient (Wildman–Crippen LogP) is 5.79. The van der Waals surface area contributed by atoms with E-state index in [1.165, 1.54) is 5.56 Å². The van der Waals surface area contributed by atoms with Gasteiger partial charge in [-0.25, -0.2) is 0 Å². The van der Waals surface area contributed by atoms with Crippen molar-refractivity contribution in [2.24, 2.45) is 5.92 Å². The summed E-state index contributed by atoms with van der Waals surface area (Å²) in [5, 5.41) is 7.80. The molecular formula is C24H28ClN3O2. The largest absolute Gasteiger partial charge is 0.349 e. The highest BCUT2D eigenvalue weighted by Gasteiger charge is 2.19. The van der Waals surface area contributed by atoms with Crippen LogP contribution in [-0.2, 0) is 17.6 Å². The lowest BCUT2D eigenvalue weighted by molar-refractivity contribution is -0.122. The van der Waals surface area contributed by atoms with Crippen molar-refractivity contribution in [1.82, 2.24) is 15.5 Å². The Morgan fingerprint density at radius 1 is 1.07 bits per heavy atom. The van der Waals surface area contributed by atoms with E-state index in [2.05, 4.69) is 60.5 Å². The molecule has 1 atom stereocenters. The van der Waals surface area contributed by atoms with Gasteiger partial charge >= 0.3 is 0 Å². The van der Waals surface area contributed by atoms with Crippen LogP contribution in [0.4, 0.5) is 0 Å². The fourth-order valence-corrected chi connectivity index (χ4v) is 3.48. The minimum atomic E-state index is -0.0300. The van der Waals surface area contributed by atoms with Gasteiger partial charge in [0.2, 0.25) is 17.6 Å². The molecule has 1 amide bonds. The summed E-state index contributed by atoms with van der Waals surface area (Å²) in [4.78, 5) is 17.0. The molecule has 1 N–H and O–H groups in total. The highest BCUT2D eigenvalue weighted by Crippen LogP contribution is 2.23. The second-order valence-electron chi connectivity index (χ2n) is 7.80. The first-order valence-corrected chi connectivity index (χ1v) is 10.8. The first-order valence-electron chi connectivity index (χ1n) is 10.4. The molecule has 1 aromatic heterocycles. The molecule has 0 radical (unpaired) electrons. The Bertz CT molecular complexity index is 949. The van der Waals surface area contributed by atoms with Gasteiger partial charge in [0.25, 0.3) is 0 Å². The molecule has 5 nitrogen and oxygen atoms in total. The smallest absolute Gasteiger partial charge is 0.227 e. The number of hydrogen-bond acceptors (Lipinski definition) is 4. The number of nitrogens with zero attached hydrogens (tertiary/aromatic N) is 2. The SMILES string of the molecule is CCCc1ccc([C@@H](NC(=O)CCc2nc(-c3ccc(Cl)cc3)no2)C(C)C)cc1. The topological polar surface area (TPSA) is 68.0 Å². The zero-order chi connectivity index (χ0) is 21.5. The number of halogens is 1. The van der Waals surface area contributed by atoms with Crippen LogP contribution in [0.3, 0.4) is 0 Å². The number of aromatic nitrogens is 2. The average Bonchev–Trinajstić information content (AvgIpc) is 3.21. The first kappa shape index (κ1) is 22.0. The zero-order valence-electron chi connectivity index (χ0n) is 17.7. The molecule has 0 fully saturated rings. The molecular weight excluding hydrogens is 398 g/mol. The second-order valence-corrected chi connectivity index (χ2v) is 8.24. The van der Waals surface area contributed by atoms with Gasteiger partial charge in [-0.1, -0.05) is 68.2 Å².